The fourth-order valence-electron chi connectivity index (χ4n) is 4.60. The van der Waals surface area contributed by atoms with E-state index < -0.39 is 0 Å². The number of Topliss-reactive ketones (excluding diaryl/α,β-unsaturated/α-hetero) is 1. The number of rotatable bonds is 2. The molecule has 2 aliphatic rings. The van der Waals surface area contributed by atoms with Crippen molar-refractivity contribution in [3.63, 3.8) is 0 Å². The third kappa shape index (κ3) is 3.96. The molecule has 3 heterocycles. The summed E-state index contributed by atoms with van der Waals surface area (Å²) in [6.45, 7) is 1.31. The minimum absolute atomic E-state index is 0.0529. The predicted molar refractivity (Wildman–Crippen MR) is 124 cm³/mol. The van der Waals surface area contributed by atoms with E-state index in [0.29, 0.717) is 36.5 Å². The summed E-state index contributed by atoms with van der Waals surface area (Å²) in [7, 11) is 0. The fraction of sp³-hybridized carbons (Fsp3) is 0.231. The fourth-order valence-corrected chi connectivity index (χ4v) is 4.79. The van der Waals surface area contributed by atoms with Crippen LogP contribution in [-0.4, -0.2) is 39.6 Å². The first kappa shape index (κ1) is 20.6. The number of nitrogens with zero attached hydrogens (tertiary/aromatic N) is 3. The quantitative estimate of drug-likeness (QED) is 0.583. The van der Waals surface area contributed by atoms with Gasteiger partial charge in [0.2, 0.25) is 5.91 Å². The van der Waals surface area contributed by atoms with Crippen LogP contribution in [0.1, 0.15) is 45.6 Å². The van der Waals surface area contributed by atoms with Crippen LogP contribution in [0.3, 0.4) is 0 Å². The number of carbonyl (C=O) groups excluding carboxylic acids is 2. The Morgan fingerprint density at radius 2 is 1.78 bits per heavy atom. The van der Waals surface area contributed by atoms with Crippen LogP contribution in [0.2, 0.25) is 5.02 Å². The van der Waals surface area contributed by atoms with E-state index in [-0.39, 0.29) is 11.7 Å². The minimum Gasteiger partial charge on any atom is -0.342 e. The topological polar surface area (TPSA) is 63.2 Å². The molecule has 1 fully saturated rings. The SMILES string of the molecule is O=C1Cc2cc(Cl)ccc2C(=C2CCN(C(=O)Cc3ccncc3)CC2)c2ncccc21. The number of ketones is 1. The predicted octanol–water partition coefficient (Wildman–Crippen LogP) is 4.54. The molecule has 1 amide bonds. The largest absolute Gasteiger partial charge is 0.342 e. The van der Waals surface area contributed by atoms with Gasteiger partial charge >= 0.3 is 0 Å². The van der Waals surface area contributed by atoms with Gasteiger partial charge in [0.15, 0.2) is 5.78 Å². The summed E-state index contributed by atoms with van der Waals surface area (Å²) in [6, 6.07) is 13.2. The molecule has 1 aliphatic heterocycles. The lowest BCUT2D eigenvalue weighted by Crippen LogP contribution is -2.37. The molecule has 160 valence electrons. The summed E-state index contributed by atoms with van der Waals surface area (Å²) in [5.74, 6) is 0.180. The van der Waals surface area contributed by atoms with E-state index in [1.54, 1.807) is 18.6 Å². The number of benzene rings is 1. The van der Waals surface area contributed by atoms with E-state index >= 15 is 0 Å². The zero-order valence-corrected chi connectivity index (χ0v) is 18.3. The van der Waals surface area contributed by atoms with Gasteiger partial charge in [-0.15, -0.1) is 0 Å². The van der Waals surface area contributed by atoms with Gasteiger partial charge in [-0.05, 0) is 65.9 Å². The lowest BCUT2D eigenvalue weighted by molar-refractivity contribution is -0.130. The molecule has 2 aromatic heterocycles. The van der Waals surface area contributed by atoms with E-state index in [9.17, 15) is 9.59 Å². The van der Waals surface area contributed by atoms with Crippen molar-refractivity contribution < 1.29 is 9.59 Å². The average Bonchev–Trinajstić information content (AvgIpc) is 2.93. The van der Waals surface area contributed by atoms with Gasteiger partial charge in [-0.3, -0.25) is 19.6 Å². The molecule has 0 unspecified atom stereocenters. The summed E-state index contributed by atoms with van der Waals surface area (Å²) < 4.78 is 0. The van der Waals surface area contributed by atoms with Crippen molar-refractivity contribution >= 4 is 28.9 Å². The Morgan fingerprint density at radius 3 is 2.56 bits per heavy atom. The van der Waals surface area contributed by atoms with Crippen molar-refractivity contribution in [1.29, 1.82) is 0 Å². The van der Waals surface area contributed by atoms with E-state index in [1.165, 1.54) is 5.57 Å². The number of hydrogen-bond donors (Lipinski definition) is 0. The zero-order chi connectivity index (χ0) is 22.1. The number of fused-ring (bicyclic) bond motifs is 2. The summed E-state index contributed by atoms with van der Waals surface area (Å²) in [5.41, 5.74) is 6.57. The lowest BCUT2D eigenvalue weighted by atomic mass is 9.88. The smallest absolute Gasteiger partial charge is 0.227 e. The number of piperidine rings is 1. The van der Waals surface area contributed by atoms with Crippen molar-refractivity contribution in [3.8, 4) is 0 Å². The molecule has 3 aromatic rings. The number of pyridine rings is 2. The van der Waals surface area contributed by atoms with Crippen molar-refractivity contribution in [2.75, 3.05) is 13.1 Å². The highest BCUT2D eigenvalue weighted by Gasteiger charge is 2.29. The Kier molecular flexibility index (Phi) is 5.58. The maximum Gasteiger partial charge on any atom is 0.227 e. The van der Waals surface area contributed by atoms with E-state index in [1.807, 2.05) is 47.4 Å². The molecule has 1 aromatic carbocycles. The standard InChI is InChI=1S/C26H22ClN3O2/c27-20-3-4-21-19(15-20)16-23(31)22-2-1-9-29-26(22)25(21)18-7-12-30(13-8-18)24(32)14-17-5-10-28-11-6-17/h1-6,9-11,15H,7-8,12-14,16H2. The molecule has 0 spiro atoms. The van der Waals surface area contributed by atoms with Crippen LogP contribution in [-0.2, 0) is 17.6 Å². The van der Waals surface area contributed by atoms with Gasteiger partial charge < -0.3 is 4.90 Å². The van der Waals surface area contributed by atoms with E-state index in [2.05, 4.69) is 9.97 Å². The van der Waals surface area contributed by atoms with Crippen molar-refractivity contribution in [1.82, 2.24) is 14.9 Å². The van der Waals surface area contributed by atoms with Crippen molar-refractivity contribution in [2.24, 2.45) is 0 Å². The molecule has 5 nitrogen and oxygen atoms in total. The van der Waals surface area contributed by atoms with Gasteiger partial charge in [-0.2, -0.15) is 0 Å². The van der Waals surface area contributed by atoms with Crippen LogP contribution < -0.4 is 0 Å². The Hall–Kier alpha value is -3.31. The van der Waals surface area contributed by atoms with Crippen LogP contribution in [0.25, 0.3) is 5.57 Å². The zero-order valence-electron chi connectivity index (χ0n) is 17.6. The molecule has 0 atom stereocenters. The molecule has 32 heavy (non-hydrogen) atoms. The second kappa shape index (κ2) is 8.67. The molecule has 6 heteroatoms. The number of halogens is 1. The van der Waals surface area contributed by atoms with Gasteiger partial charge in [-0.1, -0.05) is 23.2 Å². The number of likely N-dealkylation sites (tertiary alicyclic amines) is 1. The van der Waals surface area contributed by atoms with Gasteiger partial charge in [-0.25, -0.2) is 0 Å². The maximum atomic E-state index is 13.0. The third-order valence-corrected chi connectivity index (χ3v) is 6.45. The highest BCUT2D eigenvalue weighted by molar-refractivity contribution is 6.30. The Bertz CT molecular complexity index is 1230. The maximum absolute atomic E-state index is 13.0. The summed E-state index contributed by atoms with van der Waals surface area (Å²) >= 11 is 6.25. The van der Waals surface area contributed by atoms with Gasteiger partial charge in [0.25, 0.3) is 0 Å². The van der Waals surface area contributed by atoms with E-state index in [4.69, 9.17) is 11.6 Å². The molecular weight excluding hydrogens is 422 g/mol. The number of amides is 1. The molecule has 1 saturated heterocycles. The second-order valence-electron chi connectivity index (χ2n) is 8.19. The van der Waals surface area contributed by atoms with Crippen molar-refractivity contribution in [2.45, 2.75) is 25.7 Å². The summed E-state index contributed by atoms with van der Waals surface area (Å²) in [6.07, 6.45) is 7.36. The molecule has 0 saturated carbocycles. The van der Waals surface area contributed by atoms with E-state index in [0.717, 1.165) is 40.8 Å². The molecular formula is C26H22ClN3O2. The highest BCUT2D eigenvalue weighted by Crippen LogP contribution is 2.38. The molecule has 0 bridgehead atoms. The highest BCUT2D eigenvalue weighted by atomic mass is 35.5. The Balaban J connectivity index is 1.48. The number of hydrogen-bond acceptors (Lipinski definition) is 4. The third-order valence-electron chi connectivity index (χ3n) is 6.21. The normalized spacial score (nSPS) is 15.8. The molecule has 0 radical (unpaired) electrons. The van der Waals surface area contributed by atoms with Crippen LogP contribution in [0.5, 0.6) is 0 Å². The van der Waals surface area contributed by atoms with Gasteiger partial charge in [0, 0.05) is 54.3 Å². The molecule has 5 rings (SSSR count). The molecule has 0 N–H and O–H groups in total. The van der Waals surface area contributed by atoms with Crippen LogP contribution in [0.15, 0.2) is 66.6 Å². The first-order valence-electron chi connectivity index (χ1n) is 10.8. The van der Waals surface area contributed by atoms with Crippen molar-refractivity contribution in [3.05, 3.63) is 99.6 Å². The first-order chi connectivity index (χ1) is 15.6. The van der Waals surface area contributed by atoms with Crippen LogP contribution in [0.4, 0.5) is 0 Å². The van der Waals surface area contributed by atoms with Gasteiger partial charge in [0.1, 0.15) is 0 Å². The second-order valence-corrected chi connectivity index (χ2v) is 8.63. The Labute approximate surface area is 191 Å². The monoisotopic (exact) mass is 443 g/mol. The number of aromatic nitrogens is 2. The Morgan fingerprint density at radius 1 is 1.00 bits per heavy atom. The summed E-state index contributed by atoms with van der Waals surface area (Å²) in [5, 5.41) is 0.622. The van der Waals surface area contributed by atoms with Gasteiger partial charge in [0.05, 0.1) is 12.1 Å². The summed E-state index contributed by atoms with van der Waals surface area (Å²) in [4.78, 5) is 36.3. The number of carbonyl (C=O) groups is 2. The lowest BCUT2D eigenvalue weighted by Gasteiger charge is -2.30. The first-order valence-corrected chi connectivity index (χ1v) is 11.1. The van der Waals surface area contributed by atoms with Crippen LogP contribution in [0, 0.1) is 0 Å². The average molecular weight is 444 g/mol. The van der Waals surface area contributed by atoms with Crippen LogP contribution >= 0.6 is 11.6 Å². The minimum atomic E-state index is 0.0529. The molecule has 1 aliphatic carbocycles.